The Kier molecular flexibility index (Phi) is 4.05. The molecule has 0 radical (unpaired) electrons. The molecule has 0 aliphatic carbocycles. The minimum Gasteiger partial charge on any atom is -0.360 e. The van der Waals surface area contributed by atoms with Crippen molar-refractivity contribution >= 4 is 39.0 Å². The fourth-order valence-electron chi connectivity index (χ4n) is 0.885. The molecule has 0 atom stereocenters. The van der Waals surface area contributed by atoms with Gasteiger partial charge in [0.1, 0.15) is 5.15 Å². The predicted molar refractivity (Wildman–Crippen MR) is 62.5 cm³/mol. The van der Waals surface area contributed by atoms with E-state index in [0.29, 0.717) is 11.0 Å². The molecule has 1 aromatic rings. The molecule has 1 N–H and O–H groups in total. The van der Waals surface area contributed by atoms with E-state index in [1.807, 2.05) is 0 Å². The summed E-state index contributed by atoms with van der Waals surface area (Å²) < 4.78 is 0.665. The van der Waals surface area contributed by atoms with E-state index in [2.05, 4.69) is 32.8 Å². The van der Waals surface area contributed by atoms with Gasteiger partial charge < -0.3 is 5.32 Å². The summed E-state index contributed by atoms with van der Waals surface area (Å²) in [4.78, 5) is 13.9. The molecule has 7 heteroatoms. The Labute approximate surface area is 99.4 Å². The first-order valence-corrected chi connectivity index (χ1v) is 5.06. The average Bonchev–Trinajstić information content (AvgIpc) is 2.14. The van der Waals surface area contributed by atoms with Crippen LogP contribution in [0.15, 0.2) is 23.2 Å². The van der Waals surface area contributed by atoms with E-state index in [0.717, 1.165) is 0 Å². The van der Waals surface area contributed by atoms with Gasteiger partial charge in [-0.25, -0.2) is 4.98 Å². The fraction of sp³-hybridized carbons (Fsp3) is 0.125. The summed E-state index contributed by atoms with van der Waals surface area (Å²) in [6, 6.07) is 2.67. The van der Waals surface area contributed by atoms with Crippen molar-refractivity contribution in [3.8, 4) is 0 Å². The largest absolute Gasteiger partial charge is 0.360 e. The lowest BCUT2D eigenvalue weighted by Gasteiger charge is -2.04. The maximum Gasteiger partial charge on any atom is 0.311 e. The number of aromatic nitrogens is 1. The monoisotopic (exact) mass is 291 g/mol. The van der Waals surface area contributed by atoms with Gasteiger partial charge in [0.15, 0.2) is 0 Å². The van der Waals surface area contributed by atoms with Crippen molar-refractivity contribution in [2.45, 2.75) is 0 Å². The highest BCUT2D eigenvalue weighted by Crippen LogP contribution is 2.24. The van der Waals surface area contributed by atoms with Gasteiger partial charge in [-0.05, 0) is 6.07 Å². The van der Waals surface area contributed by atoms with Gasteiger partial charge in [-0.15, -0.1) is 0 Å². The highest BCUT2D eigenvalue weighted by molar-refractivity contribution is 9.11. The molecule has 0 aromatic carbocycles. The van der Waals surface area contributed by atoms with E-state index in [9.17, 15) is 10.1 Å². The van der Waals surface area contributed by atoms with Crippen molar-refractivity contribution in [3.05, 3.63) is 38.5 Å². The Morgan fingerprint density at radius 3 is 2.93 bits per heavy atom. The Hall–Kier alpha value is -1.14. The molecule has 1 rings (SSSR count). The second-order valence-electron chi connectivity index (χ2n) is 2.63. The van der Waals surface area contributed by atoms with Gasteiger partial charge in [0.25, 0.3) is 0 Å². The lowest BCUT2D eigenvalue weighted by molar-refractivity contribution is -0.384. The van der Waals surface area contributed by atoms with E-state index in [4.69, 9.17) is 11.6 Å². The quantitative estimate of drug-likeness (QED) is 0.526. The van der Waals surface area contributed by atoms with Crippen LogP contribution >= 0.6 is 27.5 Å². The molecule has 0 aliphatic heterocycles. The Bertz CT molecular complexity index is 411. The summed E-state index contributed by atoms with van der Waals surface area (Å²) in [5.74, 6) is 0.133. The van der Waals surface area contributed by atoms with Crippen LogP contribution in [-0.2, 0) is 0 Å². The van der Waals surface area contributed by atoms with Crippen molar-refractivity contribution in [3.63, 3.8) is 0 Å². The van der Waals surface area contributed by atoms with Crippen LogP contribution in [-0.4, -0.2) is 16.5 Å². The number of anilines is 1. The topological polar surface area (TPSA) is 68.1 Å². The molecule has 0 unspecified atom stereocenters. The van der Waals surface area contributed by atoms with Crippen molar-refractivity contribution in [1.29, 1.82) is 0 Å². The molecule has 0 spiro atoms. The molecule has 0 saturated heterocycles. The van der Waals surface area contributed by atoms with Gasteiger partial charge in [-0.1, -0.05) is 34.1 Å². The maximum atomic E-state index is 10.6. The van der Waals surface area contributed by atoms with Gasteiger partial charge in [0.05, 0.1) is 4.92 Å². The minimum atomic E-state index is -0.525. The van der Waals surface area contributed by atoms with Crippen LogP contribution in [0.5, 0.6) is 0 Å². The number of halogens is 2. The summed E-state index contributed by atoms with van der Waals surface area (Å²) in [6.07, 6.45) is 0. The van der Waals surface area contributed by atoms with Crippen molar-refractivity contribution < 1.29 is 4.92 Å². The summed E-state index contributed by atoms with van der Waals surface area (Å²) in [5.41, 5.74) is -0.117. The third-order valence-corrected chi connectivity index (χ3v) is 1.98. The summed E-state index contributed by atoms with van der Waals surface area (Å²) in [6.45, 7) is 3.93. The normalized spacial score (nSPS) is 9.73. The van der Waals surface area contributed by atoms with Crippen LogP contribution in [0.1, 0.15) is 0 Å². The summed E-state index contributed by atoms with van der Waals surface area (Å²) >= 11 is 8.75. The van der Waals surface area contributed by atoms with Gasteiger partial charge in [0.2, 0.25) is 5.82 Å². The van der Waals surface area contributed by atoms with E-state index in [1.54, 1.807) is 0 Å². The third kappa shape index (κ3) is 3.49. The van der Waals surface area contributed by atoms with Crippen LogP contribution < -0.4 is 5.32 Å². The molecule has 80 valence electrons. The molecule has 5 nitrogen and oxygen atoms in total. The molecule has 0 saturated carbocycles. The molecule has 1 heterocycles. The molecular weight excluding hydrogens is 285 g/mol. The molecule has 0 fully saturated rings. The van der Waals surface area contributed by atoms with Crippen molar-refractivity contribution in [2.75, 3.05) is 11.9 Å². The van der Waals surface area contributed by atoms with Gasteiger partial charge >= 0.3 is 5.69 Å². The minimum absolute atomic E-state index is 0.117. The Morgan fingerprint density at radius 1 is 1.73 bits per heavy atom. The Morgan fingerprint density at radius 2 is 2.40 bits per heavy atom. The zero-order valence-electron chi connectivity index (χ0n) is 7.54. The zero-order valence-corrected chi connectivity index (χ0v) is 9.88. The van der Waals surface area contributed by atoms with E-state index in [-0.39, 0.29) is 16.7 Å². The first-order valence-electron chi connectivity index (χ1n) is 3.89. The van der Waals surface area contributed by atoms with Gasteiger partial charge in [-0.2, -0.15) is 0 Å². The second-order valence-corrected chi connectivity index (χ2v) is 4.14. The van der Waals surface area contributed by atoms with Gasteiger partial charge in [0, 0.05) is 17.1 Å². The van der Waals surface area contributed by atoms with Crippen LogP contribution in [0.4, 0.5) is 11.5 Å². The molecule has 15 heavy (non-hydrogen) atoms. The summed E-state index contributed by atoms with van der Waals surface area (Å²) in [7, 11) is 0. The van der Waals surface area contributed by atoms with Crippen LogP contribution in [0.3, 0.4) is 0 Å². The van der Waals surface area contributed by atoms with E-state index >= 15 is 0 Å². The number of hydrogen-bond acceptors (Lipinski definition) is 4. The Balaban J connectivity index is 2.96. The summed E-state index contributed by atoms with van der Waals surface area (Å²) in [5, 5.41) is 13.6. The predicted octanol–water partition coefficient (Wildman–Crippen LogP) is 2.96. The number of rotatable bonds is 4. The van der Waals surface area contributed by atoms with Crippen LogP contribution in [0, 0.1) is 10.1 Å². The maximum absolute atomic E-state index is 10.6. The number of nitrogens with zero attached hydrogens (tertiary/aromatic N) is 2. The number of nitro groups is 1. The third-order valence-electron chi connectivity index (χ3n) is 1.48. The van der Waals surface area contributed by atoms with Crippen molar-refractivity contribution in [2.24, 2.45) is 0 Å². The highest BCUT2D eigenvalue weighted by Gasteiger charge is 2.14. The van der Waals surface area contributed by atoms with Crippen LogP contribution in [0.2, 0.25) is 5.15 Å². The average molecular weight is 293 g/mol. The molecule has 0 aliphatic rings. The standard InChI is InChI=1S/C8H7BrClN3O2/c1-5(9)4-11-8-6(13(14)15)2-3-7(10)12-8/h2-3H,1,4H2,(H,11,12). The second kappa shape index (κ2) is 5.09. The molecule has 0 amide bonds. The molecule has 1 aromatic heterocycles. The first kappa shape index (κ1) is 11.9. The molecule has 0 bridgehead atoms. The number of hydrogen-bond donors (Lipinski definition) is 1. The zero-order chi connectivity index (χ0) is 11.4. The van der Waals surface area contributed by atoms with Gasteiger partial charge in [-0.3, -0.25) is 10.1 Å². The smallest absolute Gasteiger partial charge is 0.311 e. The number of nitrogens with one attached hydrogen (secondary N) is 1. The fourth-order valence-corrected chi connectivity index (χ4v) is 1.17. The lowest BCUT2D eigenvalue weighted by atomic mass is 10.4. The highest BCUT2D eigenvalue weighted by atomic mass is 79.9. The first-order chi connectivity index (χ1) is 7.00. The van der Waals surface area contributed by atoms with E-state index in [1.165, 1.54) is 12.1 Å². The molecular formula is C8H7BrClN3O2. The lowest BCUT2D eigenvalue weighted by Crippen LogP contribution is -2.05. The SMILES string of the molecule is C=C(Br)CNc1nc(Cl)ccc1[N+](=O)[O-]. The van der Waals surface area contributed by atoms with Crippen LogP contribution in [0.25, 0.3) is 0 Å². The van der Waals surface area contributed by atoms with E-state index < -0.39 is 4.92 Å². The number of pyridine rings is 1. The van der Waals surface area contributed by atoms with Crippen molar-refractivity contribution in [1.82, 2.24) is 4.98 Å².